The number of hydrogen-bond acceptors (Lipinski definition) is 2. The van der Waals surface area contributed by atoms with Crippen LogP contribution in [0.2, 0.25) is 0 Å². The molecule has 0 amide bonds. The van der Waals surface area contributed by atoms with Gasteiger partial charge in [0.1, 0.15) is 0 Å². The first-order chi connectivity index (χ1) is 8.74. The molecule has 3 nitrogen and oxygen atoms in total. The van der Waals surface area contributed by atoms with Gasteiger partial charge in [0, 0.05) is 12.7 Å². The average Bonchev–Trinajstić information content (AvgIpc) is 2.78. The molecule has 1 aromatic heterocycles. The first-order valence-electron chi connectivity index (χ1n) is 6.17. The molecule has 2 rings (SSSR count). The van der Waals surface area contributed by atoms with E-state index in [0.29, 0.717) is 0 Å². The molecule has 1 aromatic carbocycles. The second-order valence-electron chi connectivity index (χ2n) is 4.57. The molecule has 0 saturated heterocycles. The third-order valence-electron chi connectivity index (χ3n) is 2.64. The lowest BCUT2D eigenvalue weighted by molar-refractivity contribution is 0.687. The van der Waals surface area contributed by atoms with E-state index in [9.17, 15) is 0 Å². The van der Waals surface area contributed by atoms with Crippen LogP contribution < -0.4 is 5.32 Å². The molecule has 18 heavy (non-hydrogen) atoms. The van der Waals surface area contributed by atoms with Crippen LogP contribution in [0.1, 0.15) is 19.4 Å². The number of nitrogens with one attached hydrogen (secondary N) is 1. The number of hydrogen-bond donors (Lipinski definition) is 1. The minimum atomic E-state index is 0.811. The van der Waals surface area contributed by atoms with Gasteiger partial charge in [0.05, 0.1) is 18.4 Å². The molecule has 0 radical (unpaired) electrons. The predicted octanol–water partition coefficient (Wildman–Crippen LogP) is 3.31. The number of nitrogens with zero attached hydrogens (tertiary/aromatic N) is 2. The number of rotatable bonds is 5. The number of benzene rings is 1. The van der Waals surface area contributed by atoms with Gasteiger partial charge in [-0.05, 0) is 19.4 Å². The van der Waals surface area contributed by atoms with Gasteiger partial charge < -0.3 is 5.32 Å². The van der Waals surface area contributed by atoms with Crippen LogP contribution in [-0.4, -0.2) is 16.3 Å². The van der Waals surface area contributed by atoms with Crippen molar-refractivity contribution >= 4 is 5.69 Å². The summed E-state index contributed by atoms with van der Waals surface area (Å²) in [6.45, 7) is 5.85. The minimum Gasteiger partial charge on any atom is -0.379 e. The van der Waals surface area contributed by atoms with Crippen molar-refractivity contribution in [3.63, 3.8) is 0 Å². The van der Waals surface area contributed by atoms with Gasteiger partial charge in [-0.2, -0.15) is 5.10 Å². The topological polar surface area (TPSA) is 29.9 Å². The van der Waals surface area contributed by atoms with Gasteiger partial charge in [-0.1, -0.05) is 42.0 Å². The molecule has 0 bridgehead atoms. The standard InChI is InChI=1S/C15H19N3/c1-13(2)8-9-16-15-10-17-18(12-15)11-14-6-4-3-5-7-14/h3-8,10,12,16H,9,11H2,1-2H3. The van der Waals surface area contributed by atoms with Crippen molar-refractivity contribution in [3.8, 4) is 0 Å². The van der Waals surface area contributed by atoms with Gasteiger partial charge in [-0.3, -0.25) is 4.68 Å². The first kappa shape index (κ1) is 12.4. The van der Waals surface area contributed by atoms with E-state index in [-0.39, 0.29) is 0 Å². The van der Waals surface area contributed by atoms with Crippen molar-refractivity contribution in [2.24, 2.45) is 0 Å². The van der Waals surface area contributed by atoms with E-state index >= 15 is 0 Å². The van der Waals surface area contributed by atoms with Gasteiger partial charge in [-0.25, -0.2) is 0 Å². The highest BCUT2D eigenvalue weighted by Gasteiger charge is 1.98. The Labute approximate surface area is 108 Å². The summed E-state index contributed by atoms with van der Waals surface area (Å²) in [5.41, 5.74) is 3.64. The molecular formula is C15H19N3. The number of allylic oxidation sites excluding steroid dienone is 1. The van der Waals surface area contributed by atoms with Crippen molar-refractivity contribution in [2.75, 3.05) is 11.9 Å². The van der Waals surface area contributed by atoms with Crippen molar-refractivity contribution in [1.82, 2.24) is 9.78 Å². The molecule has 0 aliphatic rings. The number of aromatic nitrogens is 2. The summed E-state index contributed by atoms with van der Waals surface area (Å²) in [6, 6.07) is 10.3. The summed E-state index contributed by atoms with van der Waals surface area (Å²) in [4.78, 5) is 0. The molecule has 1 N–H and O–H groups in total. The van der Waals surface area contributed by atoms with Crippen molar-refractivity contribution < 1.29 is 0 Å². The summed E-state index contributed by atoms with van der Waals surface area (Å²) in [7, 11) is 0. The fourth-order valence-corrected chi connectivity index (χ4v) is 1.68. The summed E-state index contributed by atoms with van der Waals surface area (Å²) < 4.78 is 1.94. The summed E-state index contributed by atoms with van der Waals surface area (Å²) >= 11 is 0. The molecule has 2 aromatic rings. The van der Waals surface area contributed by atoms with E-state index in [2.05, 4.69) is 42.5 Å². The molecule has 0 fully saturated rings. The largest absolute Gasteiger partial charge is 0.379 e. The quantitative estimate of drug-likeness (QED) is 0.814. The summed E-state index contributed by atoms with van der Waals surface area (Å²) in [6.07, 6.45) is 6.06. The average molecular weight is 241 g/mol. The molecular weight excluding hydrogens is 222 g/mol. The van der Waals surface area contributed by atoms with Crippen LogP contribution in [0.5, 0.6) is 0 Å². The van der Waals surface area contributed by atoms with E-state index in [4.69, 9.17) is 0 Å². The fourth-order valence-electron chi connectivity index (χ4n) is 1.68. The maximum absolute atomic E-state index is 4.34. The molecule has 0 saturated carbocycles. The minimum absolute atomic E-state index is 0.811. The second kappa shape index (κ2) is 6.05. The van der Waals surface area contributed by atoms with Crippen LogP contribution in [0.15, 0.2) is 54.4 Å². The molecule has 1 heterocycles. The van der Waals surface area contributed by atoms with Crippen LogP contribution in [0.25, 0.3) is 0 Å². The van der Waals surface area contributed by atoms with Gasteiger partial charge in [0.25, 0.3) is 0 Å². The Hall–Kier alpha value is -2.03. The Bertz CT molecular complexity index is 508. The Morgan fingerprint density at radius 2 is 2.06 bits per heavy atom. The highest BCUT2D eigenvalue weighted by atomic mass is 15.3. The molecule has 94 valence electrons. The fraction of sp³-hybridized carbons (Fsp3) is 0.267. The lowest BCUT2D eigenvalue weighted by Crippen LogP contribution is -2.00. The molecule has 0 aliphatic heterocycles. The van der Waals surface area contributed by atoms with E-state index in [1.165, 1.54) is 11.1 Å². The Kier molecular flexibility index (Phi) is 4.18. The van der Waals surface area contributed by atoms with Crippen LogP contribution in [0.4, 0.5) is 5.69 Å². The maximum atomic E-state index is 4.34. The molecule has 0 unspecified atom stereocenters. The normalized spacial score (nSPS) is 10.1. The summed E-state index contributed by atoms with van der Waals surface area (Å²) in [5.74, 6) is 0. The van der Waals surface area contributed by atoms with Crippen LogP contribution in [-0.2, 0) is 6.54 Å². The van der Waals surface area contributed by atoms with Crippen LogP contribution in [0, 0.1) is 0 Å². The van der Waals surface area contributed by atoms with Gasteiger partial charge in [-0.15, -0.1) is 0 Å². The highest BCUT2D eigenvalue weighted by molar-refractivity contribution is 5.39. The van der Waals surface area contributed by atoms with E-state index in [1.807, 2.05) is 35.3 Å². The van der Waals surface area contributed by atoms with Crippen molar-refractivity contribution in [2.45, 2.75) is 20.4 Å². The van der Waals surface area contributed by atoms with Crippen molar-refractivity contribution in [3.05, 3.63) is 59.9 Å². The second-order valence-corrected chi connectivity index (χ2v) is 4.57. The van der Waals surface area contributed by atoms with Crippen LogP contribution in [0.3, 0.4) is 0 Å². The first-order valence-corrected chi connectivity index (χ1v) is 6.17. The van der Waals surface area contributed by atoms with E-state index in [1.54, 1.807) is 0 Å². The van der Waals surface area contributed by atoms with Crippen LogP contribution >= 0.6 is 0 Å². The zero-order valence-corrected chi connectivity index (χ0v) is 10.9. The van der Waals surface area contributed by atoms with Gasteiger partial charge in [0.15, 0.2) is 0 Å². The molecule has 0 spiro atoms. The Morgan fingerprint density at radius 3 is 2.78 bits per heavy atom. The molecule has 0 aliphatic carbocycles. The van der Waals surface area contributed by atoms with Crippen molar-refractivity contribution in [1.29, 1.82) is 0 Å². The predicted molar refractivity (Wildman–Crippen MR) is 75.7 cm³/mol. The Balaban J connectivity index is 1.92. The Morgan fingerprint density at radius 1 is 1.28 bits per heavy atom. The SMILES string of the molecule is CC(C)=CCNc1cnn(Cc2ccccc2)c1. The maximum Gasteiger partial charge on any atom is 0.0729 e. The third-order valence-corrected chi connectivity index (χ3v) is 2.64. The smallest absolute Gasteiger partial charge is 0.0729 e. The van der Waals surface area contributed by atoms with Gasteiger partial charge in [0.2, 0.25) is 0 Å². The van der Waals surface area contributed by atoms with E-state index < -0.39 is 0 Å². The molecule has 3 heteroatoms. The zero-order valence-electron chi connectivity index (χ0n) is 10.9. The van der Waals surface area contributed by atoms with E-state index in [0.717, 1.165) is 18.8 Å². The molecule has 0 atom stereocenters. The summed E-state index contributed by atoms with van der Waals surface area (Å²) in [5, 5.41) is 7.67. The third kappa shape index (κ3) is 3.77. The lowest BCUT2D eigenvalue weighted by Gasteiger charge is -2.01. The number of anilines is 1. The monoisotopic (exact) mass is 241 g/mol. The van der Waals surface area contributed by atoms with Gasteiger partial charge >= 0.3 is 0 Å². The lowest BCUT2D eigenvalue weighted by atomic mass is 10.2. The zero-order chi connectivity index (χ0) is 12.8. The highest BCUT2D eigenvalue weighted by Crippen LogP contribution is 2.07.